The van der Waals surface area contributed by atoms with Gasteiger partial charge in [0.15, 0.2) is 0 Å². The lowest BCUT2D eigenvalue weighted by molar-refractivity contribution is -0.143. The summed E-state index contributed by atoms with van der Waals surface area (Å²) in [5.41, 5.74) is 0.966. The van der Waals surface area contributed by atoms with Crippen LogP contribution in [0.1, 0.15) is 11.1 Å². The van der Waals surface area contributed by atoms with E-state index in [2.05, 4.69) is 4.72 Å². The zero-order valence-corrected chi connectivity index (χ0v) is 15.1. The van der Waals surface area contributed by atoms with Crippen LogP contribution in [-0.4, -0.2) is 20.9 Å². The molecule has 0 unspecified atom stereocenters. The summed E-state index contributed by atoms with van der Waals surface area (Å²) >= 11 is 0. The molecular weight excluding hydrogens is 364 g/mol. The molecule has 0 fully saturated rings. The summed E-state index contributed by atoms with van der Waals surface area (Å²) in [5, 5.41) is 10.7. The van der Waals surface area contributed by atoms with E-state index < -0.39 is 22.5 Å². The van der Waals surface area contributed by atoms with Gasteiger partial charge in [-0.15, -0.1) is 0 Å². The van der Waals surface area contributed by atoms with Gasteiger partial charge in [-0.25, -0.2) is 8.42 Å². The number of fused-ring (bicyclic) bond motifs is 1. The molecule has 0 amide bonds. The smallest absolute Gasteiger partial charge is 0.321 e. The third-order valence-electron chi connectivity index (χ3n) is 3.96. The Balaban J connectivity index is 1.62. The van der Waals surface area contributed by atoms with E-state index in [1.165, 1.54) is 6.07 Å². The van der Waals surface area contributed by atoms with Crippen molar-refractivity contribution in [2.24, 2.45) is 0 Å². The van der Waals surface area contributed by atoms with E-state index in [1.54, 1.807) is 36.4 Å². The number of nitriles is 1. The van der Waals surface area contributed by atoms with Crippen LogP contribution in [0.3, 0.4) is 0 Å². The third-order valence-corrected chi connectivity index (χ3v) is 5.36. The van der Waals surface area contributed by atoms with Gasteiger partial charge < -0.3 is 4.74 Å². The first-order chi connectivity index (χ1) is 13.0. The molecule has 0 heterocycles. The van der Waals surface area contributed by atoms with E-state index in [4.69, 9.17) is 10.00 Å². The maximum atomic E-state index is 12.4. The van der Waals surface area contributed by atoms with Crippen molar-refractivity contribution in [1.82, 2.24) is 4.72 Å². The van der Waals surface area contributed by atoms with E-state index in [1.807, 2.05) is 30.3 Å². The van der Waals surface area contributed by atoms with Gasteiger partial charge in [-0.05, 0) is 29.0 Å². The summed E-state index contributed by atoms with van der Waals surface area (Å²) in [6, 6.07) is 20.9. The lowest BCUT2D eigenvalue weighted by Crippen LogP contribution is -2.30. The number of esters is 1. The second-order valence-corrected chi connectivity index (χ2v) is 7.53. The zero-order chi connectivity index (χ0) is 19.3. The predicted molar refractivity (Wildman–Crippen MR) is 100 cm³/mol. The fourth-order valence-corrected chi connectivity index (χ4v) is 3.54. The van der Waals surface area contributed by atoms with Crippen LogP contribution in [0.4, 0.5) is 0 Å². The number of carbonyl (C=O) groups is 1. The zero-order valence-electron chi connectivity index (χ0n) is 14.3. The fraction of sp³-hybridized carbons (Fsp3) is 0.100. The molecule has 0 radical (unpaired) electrons. The Morgan fingerprint density at radius 1 is 1.00 bits per heavy atom. The monoisotopic (exact) mass is 380 g/mol. The van der Waals surface area contributed by atoms with Crippen molar-refractivity contribution in [1.29, 1.82) is 5.26 Å². The third kappa shape index (κ3) is 4.50. The van der Waals surface area contributed by atoms with Gasteiger partial charge in [-0.2, -0.15) is 9.98 Å². The van der Waals surface area contributed by atoms with E-state index in [0.717, 1.165) is 10.8 Å². The molecule has 27 heavy (non-hydrogen) atoms. The first-order valence-corrected chi connectivity index (χ1v) is 9.60. The van der Waals surface area contributed by atoms with Gasteiger partial charge in [0.25, 0.3) is 0 Å². The Hall–Kier alpha value is -3.21. The average molecular weight is 380 g/mol. The highest BCUT2D eigenvalue weighted by molar-refractivity contribution is 7.89. The molecule has 6 nitrogen and oxygen atoms in total. The molecule has 0 saturated heterocycles. The minimum Gasteiger partial charge on any atom is -0.460 e. The number of benzene rings is 3. The molecule has 0 saturated carbocycles. The highest BCUT2D eigenvalue weighted by Crippen LogP contribution is 2.18. The minimum absolute atomic E-state index is 0.0730. The van der Waals surface area contributed by atoms with Crippen molar-refractivity contribution in [2.45, 2.75) is 11.5 Å². The summed E-state index contributed by atoms with van der Waals surface area (Å²) in [7, 11) is -3.85. The molecule has 3 aromatic carbocycles. The van der Waals surface area contributed by atoms with Crippen molar-refractivity contribution in [3.05, 3.63) is 77.9 Å². The normalized spacial score (nSPS) is 11.1. The Morgan fingerprint density at radius 2 is 1.70 bits per heavy atom. The van der Waals surface area contributed by atoms with Crippen molar-refractivity contribution in [3.63, 3.8) is 0 Å². The SMILES string of the molecule is N#Cc1ccccc1COC(=O)CNS(=O)(=O)c1ccc2ccccc2c1. The summed E-state index contributed by atoms with van der Waals surface area (Å²) in [6.07, 6.45) is 0. The van der Waals surface area contributed by atoms with Gasteiger partial charge in [0.1, 0.15) is 13.2 Å². The maximum absolute atomic E-state index is 12.4. The van der Waals surface area contributed by atoms with Gasteiger partial charge in [0.05, 0.1) is 16.5 Å². The number of nitrogens with one attached hydrogen (secondary N) is 1. The van der Waals surface area contributed by atoms with Crippen LogP contribution in [0.5, 0.6) is 0 Å². The number of carbonyl (C=O) groups excluding carboxylic acids is 1. The largest absolute Gasteiger partial charge is 0.460 e. The van der Waals surface area contributed by atoms with Gasteiger partial charge in [-0.3, -0.25) is 4.79 Å². The molecule has 0 aromatic heterocycles. The number of hydrogen-bond acceptors (Lipinski definition) is 5. The summed E-state index contributed by atoms with van der Waals surface area (Å²) < 4.78 is 32.1. The first kappa shape index (κ1) is 18.6. The standard InChI is InChI=1S/C20H16N2O4S/c21-12-17-7-3-4-8-18(17)14-26-20(23)13-22-27(24,25)19-10-9-15-5-1-2-6-16(15)11-19/h1-11,22H,13-14H2. The van der Waals surface area contributed by atoms with Crippen LogP contribution in [0.15, 0.2) is 71.6 Å². The van der Waals surface area contributed by atoms with Crippen molar-refractivity contribution in [2.75, 3.05) is 6.54 Å². The quantitative estimate of drug-likeness (QED) is 0.663. The van der Waals surface area contributed by atoms with Crippen molar-refractivity contribution < 1.29 is 17.9 Å². The number of hydrogen-bond donors (Lipinski definition) is 1. The molecular formula is C20H16N2O4S. The molecule has 3 aromatic rings. The number of rotatable bonds is 6. The maximum Gasteiger partial charge on any atom is 0.321 e. The Labute approximate surface area is 157 Å². The summed E-state index contributed by atoms with van der Waals surface area (Å²) in [5.74, 6) is -0.730. The summed E-state index contributed by atoms with van der Waals surface area (Å²) in [6.45, 7) is -0.593. The molecule has 0 aliphatic rings. The molecule has 136 valence electrons. The highest BCUT2D eigenvalue weighted by atomic mass is 32.2. The highest BCUT2D eigenvalue weighted by Gasteiger charge is 2.16. The fourth-order valence-electron chi connectivity index (χ4n) is 2.54. The van der Waals surface area contributed by atoms with Crippen LogP contribution in [0, 0.1) is 11.3 Å². The summed E-state index contributed by atoms with van der Waals surface area (Å²) in [4.78, 5) is 11.9. The molecule has 0 bridgehead atoms. The average Bonchev–Trinajstić information content (AvgIpc) is 2.70. The number of nitrogens with zero attached hydrogens (tertiary/aromatic N) is 1. The van der Waals surface area contributed by atoms with Crippen LogP contribution in [0.25, 0.3) is 10.8 Å². The Kier molecular flexibility index (Phi) is 5.50. The topological polar surface area (TPSA) is 96.3 Å². The number of ether oxygens (including phenoxy) is 1. The van der Waals surface area contributed by atoms with Crippen molar-refractivity contribution in [3.8, 4) is 6.07 Å². The second kappa shape index (κ2) is 7.99. The van der Waals surface area contributed by atoms with E-state index in [0.29, 0.717) is 11.1 Å². The van der Waals surface area contributed by atoms with Crippen LogP contribution < -0.4 is 4.72 Å². The van der Waals surface area contributed by atoms with E-state index in [-0.39, 0.29) is 11.5 Å². The Morgan fingerprint density at radius 3 is 2.48 bits per heavy atom. The van der Waals surface area contributed by atoms with Crippen LogP contribution in [-0.2, 0) is 26.2 Å². The van der Waals surface area contributed by atoms with Crippen LogP contribution in [0.2, 0.25) is 0 Å². The molecule has 0 aliphatic carbocycles. The van der Waals surface area contributed by atoms with Crippen LogP contribution >= 0.6 is 0 Å². The first-order valence-electron chi connectivity index (χ1n) is 8.12. The molecule has 3 rings (SSSR count). The van der Waals surface area contributed by atoms with E-state index in [9.17, 15) is 13.2 Å². The van der Waals surface area contributed by atoms with Gasteiger partial charge >= 0.3 is 5.97 Å². The molecule has 0 atom stereocenters. The molecule has 0 aliphatic heterocycles. The molecule has 7 heteroatoms. The van der Waals surface area contributed by atoms with Gasteiger partial charge in [0.2, 0.25) is 10.0 Å². The second-order valence-electron chi connectivity index (χ2n) is 5.76. The van der Waals surface area contributed by atoms with E-state index >= 15 is 0 Å². The minimum atomic E-state index is -3.85. The van der Waals surface area contributed by atoms with Gasteiger partial charge in [0, 0.05) is 5.56 Å². The van der Waals surface area contributed by atoms with Crippen molar-refractivity contribution >= 4 is 26.8 Å². The lowest BCUT2D eigenvalue weighted by atomic mass is 10.1. The number of sulfonamides is 1. The Bertz CT molecular complexity index is 1130. The molecule has 1 N–H and O–H groups in total. The molecule has 0 spiro atoms. The predicted octanol–water partition coefficient (Wildman–Crippen LogP) is 2.73. The lowest BCUT2D eigenvalue weighted by Gasteiger charge is -2.09. The van der Waals surface area contributed by atoms with Gasteiger partial charge in [-0.1, -0.05) is 48.5 Å².